The molecule has 2 rings (SSSR count). The van der Waals surface area contributed by atoms with Crippen molar-refractivity contribution in [1.82, 2.24) is 9.78 Å². The molecule has 0 N–H and O–H groups in total. The van der Waals surface area contributed by atoms with Gasteiger partial charge in [-0.15, -0.1) is 0 Å². The van der Waals surface area contributed by atoms with E-state index in [2.05, 4.69) is 5.10 Å². The second kappa shape index (κ2) is 6.02. The van der Waals surface area contributed by atoms with Crippen molar-refractivity contribution in [2.45, 2.75) is 19.9 Å². The van der Waals surface area contributed by atoms with Gasteiger partial charge in [0, 0.05) is 17.7 Å². The average Bonchev–Trinajstić information content (AvgIpc) is 2.49. The first kappa shape index (κ1) is 13.8. The fourth-order valence-electron chi connectivity index (χ4n) is 2.01. The lowest BCUT2D eigenvalue weighted by atomic mass is 10.1. The summed E-state index contributed by atoms with van der Waals surface area (Å²) in [5.41, 5.74) is 1.67. The molecule has 0 saturated heterocycles. The number of aromatic nitrogens is 2. The summed E-state index contributed by atoms with van der Waals surface area (Å²) in [6, 6.07) is 11.1. The highest BCUT2D eigenvalue weighted by molar-refractivity contribution is 5.67. The van der Waals surface area contributed by atoms with E-state index >= 15 is 0 Å². The van der Waals surface area contributed by atoms with Crippen LogP contribution in [0.15, 0.2) is 35.1 Å². The van der Waals surface area contributed by atoms with E-state index in [1.165, 1.54) is 4.68 Å². The van der Waals surface area contributed by atoms with Crippen LogP contribution in [-0.2, 0) is 13.0 Å². The first-order chi connectivity index (χ1) is 9.71. The second-order valence-corrected chi connectivity index (χ2v) is 4.21. The van der Waals surface area contributed by atoms with Gasteiger partial charge in [-0.05, 0) is 25.1 Å². The molecule has 1 heterocycles. The summed E-state index contributed by atoms with van der Waals surface area (Å²) >= 11 is 0. The van der Waals surface area contributed by atoms with E-state index in [1.807, 2.05) is 37.3 Å². The summed E-state index contributed by atoms with van der Waals surface area (Å²) in [5.74, 6) is 0.684. The van der Waals surface area contributed by atoms with Crippen molar-refractivity contribution in [3.05, 3.63) is 46.2 Å². The number of ether oxygens (including phenoxy) is 1. The van der Waals surface area contributed by atoms with Crippen molar-refractivity contribution in [3.63, 3.8) is 0 Å². The number of aryl methyl sites for hydroxylation is 1. The van der Waals surface area contributed by atoms with Crippen molar-refractivity contribution in [1.29, 1.82) is 5.26 Å². The van der Waals surface area contributed by atoms with Crippen molar-refractivity contribution < 1.29 is 4.74 Å². The van der Waals surface area contributed by atoms with Gasteiger partial charge >= 0.3 is 0 Å². The number of hydrogen-bond donors (Lipinski definition) is 0. The van der Waals surface area contributed by atoms with Gasteiger partial charge in [0.1, 0.15) is 5.75 Å². The standard InChI is InChI=1S/C15H15N3O2/c1-3-18-15(19)11(8-9-16)10-13(17-18)12-6-4-5-7-14(12)20-2/h4-7,10H,3,8H2,1-2H3. The molecule has 0 unspecified atom stereocenters. The lowest BCUT2D eigenvalue weighted by Gasteiger charge is -2.10. The molecule has 1 aromatic carbocycles. The number of nitriles is 1. The van der Waals surface area contributed by atoms with Crippen LogP contribution >= 0.6 is 0 Å². The van der Waals surface area contributed by atoms with Crippen LogP contribution in [0.1, 0.15) is 12.5 Å². The third-order valence-electron chi connectivity index (χ3n) is 3.00. The molecule has 20 heavy (non-hydrogen) atoms. The Balaban J connectivity index is 2.66. The van der Waals surface area contributed by atoms with Gasteiger partial charge in [-0.1, -0.05) is 12.1 Å². The summed E-state index contributed by atoms with van der Waals surface area (Å²) in [4.78, 5) is 12.0. The zero-order valence-electron chi connectivity index (χ0n) is 11.5. The van der Waals surface area contributed by atoms with Crippen molar-refractivity contribution in [3.8, 4) is 23.1 Å². The Hall–Kier alpha value is -2.61. The van der Waals surface area contributed by atoms with Crippen LogP contribution in [0.4, 0.5) is 0 Å². The van der Waals surface area contributed by atoms with E-state index < -0.39 is 0 Å². The molecule has 0 aliphatic heterocycles. The van der Waals surface area contributed by atoms with Crippen LogP contribution < -0.4 is 10.3 Å². The molecule has 0 spiro atoms. The number of nitrogens with zero attached hydrogens (tertiary/aromatic N) is 3. The summed E-state index contributed by atoms with van der Waals surface area (Å²) in [6.07, 6.45) is 0.0729. The minimum Gasteiger partial charge on any atom is -0.496 e. The Morgan fingerprint density at radius 3 is 2.80 bits per heavy atom. The normalized spacial score (nSPS) is 10.1. The molecule has 102 valence electrons. The molecule has 0 fully saturated rings. The Kier molecular flexibility index (Phi) is 4.16. The van der Waals surface area contributed by atoms with Gasteiger partial charge in [-0.3, -0.25) is 4.79 Å². The minimum absolute atomic E-state index is 0.0729. The molecular weight excluding hydrogens is 254 g/mol. The maximum absolute atomic E-state index is 12.0. The van der Waals surface area contributed by atoms with E-state index in [9.17, 15) is 4.79 Å². The first-order valence-electron chi connectivity index (χ1n) is 6.32. The van der Waals surface area contributed by atoms with Crippen molar-refractivity contribution in [2.75, 3.05) is 7.11 Å². The molecule has 0 radical (unpaired) electrons. The average molecular weight is 269 g/mol. The topological polar surface area (TPSA) is 67.9 Å². The molecule has 0 atom stereocenters. The van der Waals surface area contributed by atoms with E-state index in [0.29, 0.717) is 23.6 Å². The highest BCUT2D eigenvalue weighted by Gasteiger charge is 2.12. The van der Waals surface area contributed by atoms with Gasteiger partial charge in [-0.25, -0.2) is 4.68 Å². The number of hydrogen-bond acceptors (Lipinski definition) is 4. The summed E-state index contributed by atoms with van der Waals surface area (Å²) in [5, 5.41) is 13.2. The predicted molar refractivity (Wildman–Crippen MR) is 75.5 cm³/mol. The largest absolute Gasteiger partial charge is 0.496 e. The fourth-order valence-corrected chi connectivity index (χ4v) is 2.01. The van der Waals surface area contributed by atoms with Gasteiger partial charge in [0.2, 0.25) is 0 Å². The van der Waals surface area contributed by atoms with Crippen LogP contribution in [0.5, 0.6) is 5.75 Å². The monoisotopic (exact) mass is 269 g/mol. The lowest BCUT2D eigenvalue weighted by Crippen LogP contribution is -2.25. The van der Waals surface area contributed by atoms with Crippen LogP contribution in [0.2, 0.25) is 0 Å². The van der Waals surface area contributed by atoms with Crippen LogP contribution in [-0.4, -0.2) is 16.9 Å². The number of methoxy groups -OCH3 is 1. The second-order valence-electron chi connectivity index (χ2n) is 4.21. The molecular formula is C15H15N3O2. The zero-order chi connectivity index (χ0) is 14.5. The molecule has 5 heteroatoms. The Morgan fingerprint density at radius 1 is 1.40 bits per heavy atom. The molecule has 0 amide bonds. The lowest BCUT2D eigenvalue weighted by molar-refractivity contribution is 0.416. The summed E-state index contributed by atoms with van der Waals surface area (Å²) in [6.45, 7) is 2.30. The highest BCUT2D eigenvalue weighted by atomic mass is 16.5. The SMILES string of the molecule is CCn1nc(-c2ccccc2OC)cc(CC#N)c1=O. The predicted octanol–water partition coefficient (Wildman–Crippen LogP) is 2.00. The van der Waals surface area contributed by atoms with E-state index in [4.69, 9.17) is 10.00 Å². The van der Waals surface area contributed by atoms with Gasteiger partial charge in [0.25, 0.3) is 5.56 Å². The van der Waals surface area contributed by atoms with Gasteiger partial charge in [0.15, 0.2) is 0 Å². The minimum atomic E-state index is -0.215. The molecule has 0 bridgehead atoms. The third-order valence-corrected chi connectivity index (χ3v) is 3.00. The highest BCUT2D eigenvalue weighted by Crippen LogP contribution is 2.27. The zero-order valence-corrected chi connectivity index (χ0v) is 11.5. The van der Waals surface area contributed by atoms with Crippen molar-refractivity contribution >= 4 is 0 Å². The van der Waals surface area contributed by atoms with Gasteiger partial charge < -0.3 is 4.74 Å². The number of rotatable bonds is 4. The molecule has 1 aromatic heterocycles. The maximum atomic E-state index is 12.0. The number of para-hydroxylation sites is 1. The Labute approximate surface area is 117 Å². The van der Waals surface area contributed by atoms with E-state index in [1.54, 1.807) is 13.2 Å². The van der Waals surface area contributed by atoms with E-state index in [-0.39, 0.29) is 12.0 Å². The van der Waals surface area contributed by atoms with Gasteiger partial charge in [-0.2, -0.15) is 10.4 Å². The smallest absolute Gasteiger partial charge is 0.271 e. The first-order valence-corrected chi connectivity index (χ1v) is 6.32. The van der Waals surface area contributed by atoms with E-state index in [0.717, 1.165) is 5.56 Å². The summed E-state index contributed by atoms with van der Waals surface area (Å²) in [7, 11) is 1.59. The van der Waals surface area contributed by atoms with Crippen LogP contribution in [0, 0.1) is 11.3 Å². The molecule has 0 aliphatic rings. The summed E-state index contributed by atoms with van der Waals surface area (Å²) < 4.78 is 6.68. The van der Waals surface area contributed by atoms with Gasteiger partial charge in [0.05, 0.1) is 25.3 Å². The van der Waals surface area contributed by atoms with Crippen LogP contribution in [0.3, 0.4) is 0 Å². The molecule has 0 saturated carbocycles. The maximum Gasteiger partial charge on any atom is 0.271 e. The molecule has 0 aliphatic carbocycles. The fraction of sp³-hybridized carbons (Fsp3) is 0.267. The Morgan fingerprint density at radius 2 is 2.15 bits per heavy atom. The van der Waals surface area contributed by atoms with Crippen LogP contribution in [0.25, 0.3) is 11.3 Å². The number of benzene rings is 1. The molecule has 5 nitrogen and oxygen atoms in total. The molecule has 2 aromatic rings. The quantitative estimate of drug-likeness (QED) is 0.851. The van der Waals surface area contributed by atoms with Crippen molar-refractivity contribution in [2.24, 2.45) is 0 Å². The Bertz CT molecular complexity index is 714. The third kappa shape index (κ3) is 2.54.